The molecule has 0 unspecified atom stereocenters. The van der Waals surface area contributed by atoms with Crippen LogP contribution in [0.1, 0.15) is 41.6 Å². The lowest BCUT2D eigenvalue weighted by Gasteiger charge is -2.12. The Morgan fingerprint density at radius 1 is 1.08 bits per heavy atom. The molecule has 7 nitrogen and oxygen atoms in total. The number of hydrogen-bond acceptors (Lipinski definition) is 4. The molecule has 10 heteroatoms. The molecular formula is C28H25ClF2N4O3. The van der Waals surface area contributed by atoms with E-state index in [1.165, 1.54) is 12.1 Å². The number of halogens is 3. The summed E-state index contributed by atoms with van der Waals surface area (Å²) in [5, 5.41) is 11.2. The monoisotopic (exact) mass is 538 g/mol. The molecule has 1 aliphatic carbocycles. The van der Waals surface area contributed by atoms with Crippen LogP contribution < -0.4 is 15.4 Å². The van der Waals surface area contributed by atoms with Gasteiger partial charge < -0.3 is 15.4 Å². The van der Waals surface area contributed by atoms with E-state index in [9.17, 15) is 18.4 Å². The Labute approximate surface area is 222 Å². The van der Waals surface area contributed by atoms with Crippen molar-refractivity contribution in [3.8, 4) is 11.4 Å². The highest BCUT2D eigenvalue weighted by atomic mass is 35.5. The van der Waals surface area contributed by atoms with E-state index in [0.717, 1.165) is 31.2 Å². The van der Waals surface area contributed by atoms with E-state index in [0.29, 0.717) is 28.8 Å². The normalized spacial score (nSPS) is 13.7. The fraction of sp³-hybridized carbons (Fsp3) is 0.250. The zero-order chi connectivity index (χ0) is 26.6. The molecular weight excluding hydrogens is 514 g/mol. The van der Waals surface area contributed by atoms with Crippen LogP contribution in [0.2, 0.25) is 5.02 Å². The van der Waals surface area contributed by atoms with E-state index in [1.807, 2.05) is 0 Å². The third-order valence-corrected chi connectivity index (χ3v) is 6.95. The van der Waals surface area contributed by atoms with Gasteiger partial charge in [0.15, 0.2) is 0 Å². The summed E-state index contributed by atoms with van der Waals surface area (Å²) in [4.78, 5) is 25.6. The average Bonchev–Trinajstić information content (AvgIpc) is 3.59. The summed E-state index contributed by atoms with van der Waals surface area (Å²) in [6.45, 7) is -2.63. The standard InChI is InChI=1S/C28H25ClF2N4O3/c29-23-12-11-17(15-32-26(36)18-5-1-2-6-18)13-21(23)27(37)34-24-9-4-10-25-22(24)16-33-35(25)19-7-3-8-20(14-19)38-28(30)31/h3-4,7-14,16,18,28H,1-2,5-6,15H2,(H,32,36)(H,34,37). The molecule has 38 heavy (non-hydrogen) atoms. The first-order chi connectivity index (χ1) is 18.4. The summed E-state index contributed by atoms with van der Waals surface area (Å²) in [6.07, 6.45) is 5.57. The van der Waals surface area contributed by atoms with Crippen molar-refractivity contribution in [1.29, 1.82) is 0 Å². The molecule has 1 aliphatic rings. The zero-order valence-corrected chi connectivity index (χ0v) is 21.1. The molecule has 1 heterocycles. The van der Waals surface area contributed by atoms with Gasteiger partial charge in [0, 0.05) is 23.9 Å². The van der Waals surface area contributed by atoms with E-state index >= 15 is 0 Å². The maximum absolute atomic E-state index is 13.2. The maximum Gasteiger partial charge on any atom is 0.387 e. The number of nitrogens with zero attached hydrogens (tertiary/aromatic N) is 2. The van der Waals surface area contributed by atoms with Gasteiger partial charge >= 0.3 is 6.61 Å². The zero-order valence-electron chi connectivity index (χ0n) is 20.3. The van der Waals surface area contributed by atoms with Crippen molar-refractivity contribution in [1.82, 2.24) is 15.1 Å². The van der Waals surface area contributed by atoms with Gasteiger partial charge in [-0.15, -0.1) is 0 Å². The Morgan fingerprint density at radius 3 is 2.66 bits per heavy atom. The quantitative estimate of drug-likeness (QED) is 0.274. The molecule has 2 N–H and O–H groups in total. The second-order valence-corrected chi connectivity index (χ2v) is 9.55. The highest BCUT2D eigenvalue weighted by Crippen LogP contribution is 2.29. The highest BCUT2D eigenvalue weighted by Gasteiger charge is 2.22. The Bertz CT molecular complexity index is 1480. The van der Waals surface area contributed by atoms with Crippen LogP contribution >= 0.6 is 11.6 Å². The van der Waals surface area contributed by atoms with Crippen LogP contribution in [0, 0.1) is 5.92 Å². The Hall–Kier alpha value is -3.98. The molecule has 0 radical (unpaired) electrons. The average molecular weight is 539 g/mol. The van der Waals surface area contributed by atoms with Crippen molar-refractivity contribution >= 4 is 40.0 Å². The number of carbonyl (C=O) groups excluding carboxylic acids is 2. The highest BCUT2D eigenvalue weighted by molar-refractivity contribution is 6.34. The molecule has 0 bridgehead atoms. The minimum Gasteiger partial charge on any atom is -0.435 e. The topological polar surface area (TPSA) is 85.2 Å². The van der Waals surface area contributed by atoms with Crippen LogP contribution in [0.25, 0.3) is 16.6 Å². The number of fused-ring (bicyclic) bond motifs is 1. The number of hydrogen-bond donors (Lipinski definition) is 2. The summed E-state index contributed by atoms with van der Waals surface area (Å²) in [5.41, 5.74) is 2.74. The third kappa shape index (κ3) is 5.62. The van der Waals surface area contributed by atoms with Crippen molar-refractivity contribution < 1.29 is 23.1 Å². The number of anilines is 1. The summed E-state index contributed by atoms with van der Waals surface area (Å²) < 4.78 is 31.4. The number of aromatic nitrogens is 2. The second-order valence-electron chi connectivity index (χ2n) is 9.14. The van der Waals surface area contributed by atoms with Gasteiger partial charge in [0.25, 0.3) is 5.91 Å². The first-order valence-corrected chi connectivity index (χ1v) is 12.7. The number of carbonyl (C=O) groups is 2. The lowest BCUT2D eigenvalue weighted by atomic mass is 10.1. The Morgan fingerprint density at radius 2 is 1.87 bits per heavy atom. The summed E-state index contributed by atoms with van der Waals surface area (Å²) >= 11 is 6.35. The molecule has 5 rings (SSSR count). The Balaban J connectivity index is 1.34. The molecule has 1 saturated carbocycles. The molecule has 4 aromatic rings. The fourth-order valence-corrected chi connectivity index (χ4v) is 4.93. The van der Waals surface area contributed by atoms with E-state index < -0.39 is 12.5 Å². The number of benzene rings is 3. The second kappa shape index (κ2) is 11.2. The van der Waals surface area contributed by atoms with Crippen LogP contribution in [0.15, 0.2) is 66.9 Å². The van der Waals surface area contributed by atoms with Crippen molar-refractivity contribution in [2.45, 2.75) is 38.8 Å². The van der Waals surface area contributed by atoms with Crippen LogP contribution in [-0.4, -0.2) is 28.2 Å². The van der Waals surface area contributed by atoms with E-state index in [-0.39, 0.29) is 28.2 Å². The molecule has 0 aliphatic heterocycles. The van der Waals surface area contributed by atoms with Crippen LogP contribution in [0.4, 0.5) is 14.5 Å². The van der Waals surface area contributed by atoms with Crippen molar-refractivity contribution in [3.05, 3.63) is 83.0 Å². The number of rotatable bonds is 8. The van der Waals surface area contributed by atoms with Crippen molar-refractivity contribution in [3.63, 3.8) is 0 Å². The SMILES string of the molecule is O=C(Nc1cccc2c1cnn2-c1cccc(OC(F)F)c1)c1cc(CNC(=O)C2CCCC2)ccc1Cl. The van der Waals surface area contributed by atoms with E-state index in [4.69, 9.17) is 11.6 Å². The molecule has 0 atom stereocenters. The van der Waals surface area contributed by atoms with Crippen molar-refractivity contribution in [2.75, 3.05) is 5.32 Å². The number of amides is 2. The fourth-order valence-electron chi connectivity index (χ4n) is 4.72. The van der Waals surface area contributed by atoms with Crippen LogP contribution in [-0.2, 0) is 11.3 Å². The van der Waals surface area contributed by atoms with Gasteiger partial charge in [-0.1, -0.05) is 42.6 Å². The predicted octanol–water partition coefficient (Wildman–Crippen LogP) is 6.34. The summed E-state index contributed by atoms with van der Waals surface area (Å²) in [5.74, 6) is -0.296. The van der Waals surface area contributed by atoms with Gasteiger partial charge in [0.05, 0.1) is 33.7 Å². The maximum atomic E-state index is 13.2. The van der Waals surface area contributed by atoms with Gasteiger partial charge in [-0.3, -0.25) is 9.59 Å². The molecule has 3 aromatic carbocycles. The first kappa shape index (κ1) is 25.7. The number of nitrogens with one attached hydrogen (secondary N) is 2. The first-order valence-electron chi connectivity index (χ1n) is 12.3. The molecule has 196 valence electrons. The minimum atomic E-state index is -2.93. The van der Waals surface area contributed by atoms with E-state index in [2.05, 4.69) is 20.5 Å². The number of ether oxygens (including phenoxy) is 1. The van der Waals surface area contributed by atoms with Gasteiger partial charge in [-0.2, -0.15) is 13.9 Å². The smallest absolute Gasteiger partial charge is 0.387 e. The predicted molar refractivity (Wildman–Crippen MR) is 141 cm³/mol. The number of alkyl halides is 2. The summed E-state index contributed by atoms with van der Waals surface area (Å²) in [7, 11) is 0. The molecule has 2 amide bonds. The van der Waals surface area contributed by atoms with Gasteiger partial charge in [-0.25, -0.2) is 4.68 Å². The van der Waals surface area contributed by atoms with Gasteiger partial charge in [0.1, 0.15) is 5.75 Å². The summed E-state index contributed by atoms with van der Waals surface area (Å²) in [6, 6.07) is 16.6. The molecule has 0 spiro atoms. The molecule has 0 saturated heterocycles. The van der Waals surface area contributed by atoms with Crippen LogP contribution in [0.3, 0.4) is 0 Å². The minimum absolute atomic E-state index is 0.0135. The van der Waals surface area contributed by atoms with Gasteiger partial charge in [0.2, 0.25) is 5.91 Å². The third-order valence-electron chi connectivity index (χ3n) is 6.62. The Kier molecular flexibility index (Phi) is 7.55. The molecule has 1 aromatic heterocycles. The van der Waals surface area contributed by atoms with Crippen LogP contribution in [0.5, 0.6) is 5.75 Å². The van der Waals surface area contributed by atoms with Gasteiger partial charge in [-0.05, 0) is 54.8 Å². The largest absolute Gasteiger partial charge is 0.435 e. The van der Waals surface area contributed by atoms with E-state index in [1.54, 1.807) is 59.4 Å². The lowest BCUT2D eigenvalue weighted by molar-refractivity contribution is -0.124. The lowest BCUT2D eigenvalue weighted by Crippen LogP contribution is -2.28. The van der Waals surface area contributed by atoms with Crippen molar-refractivity contribution in [2.24, 2.45) is 5.92 Å². The molecule has 1 fully saturated rings.